The summed E-state index contributed by atoms with van der Waals surface area (Å²) >= 11 is 2.22. The van der Waals surface area contributed by atoms with Crippen molar-refractivity contribution in [1.82, 2.24) is 40.4 Å². The number of nitrogens with zero attached hydrogens (tertiary/aromatic N) is 4. The molecule has 2 aromatic heterocycles. The second-order valence-corrected chi connectivity index (χ2v) is 14.7. The zero-order chi connectivity index (χ0) is 38.2. The summed E-state index contributed by atoms with van der Waals surface area (Å²) in [7, 11) is 2.56. The van der Waals surface area contributed by atoms with Gasteiger partial charge in [-0.3, -0.25) is 9.59 Å². The van der Waals surface area contributed by atoms with Crippen LogP contribution in [0.1, 0.15) is 88.4 Å². The Hall–Kier alpha value is -5.03. The summed E-state index contributed by atoms with van der Waals surface area (Å²) in [5, 5.41) is 5.34. The number of H-pyrrole nitrogens is 2. The summed E-state index contributed by atoms with van der Waals surface area (Å²) in [5.74, 6) is 12.6. The van der Waals surface area contributed by atoms with Gasteiger partial charge in [-0.05, 0) is 90.0 Å². The molecule has 0 spiro atoms. The van der Waals surface area contributed by atoms with Crippen molar-refractivity contribution >= 4 is 46.6 Å². The van der Waals surface area contributed by atoms with Crippen LogP contribution < -0.4 is 10.6 Å². The van der Waals surface area contributed by atoms with E-state index < -0.39 is 24.3 Å². The number of nitrogens with one attached hydrogen (secondary N) is 4. The van der Waals surface area contributed by atoms with Gasteiger partial charge in [0.2, 0.25) is 11.8 Å². The Morgan fingerprint density at radius 2 is 1.34 bits per heavy atom. The molecule has 3 aromatic rings. The number of rotatable bonds is 9. The van der Waals surface area contributed by atoms with Crippen LogP contribution >= 0.6 is 22.6 Å². The van der Waals surface area contributed by atoms with Crippen LogP contribution in [-0.4, -0.2) is 93.1 Å². The molecule has 53 heavy (non-hydrogen) atoms. The van der Waals surface area contributed by atoms with Crippen molar-refractivity contribution in [2.75, 3.05) is 27.3 Å². The minimum absolute atomic E-state index is 0.115. The van der Waals surface area contributed by atoms with Gasteiger partial charge in [-0.1, -0.05) is 45.7 Å². The number of hydrogen-bond donors (Lipinski definition) is 4. The maximum Gasteiger partial charge on any atom is 0.407 e. The molecule has 0 saturated carbocycles. The van der Waals surface area contributed by atoms with Gasteiger partial charge in [0.25, 0.3) is 0 Å². The third kappa shape index (κ3) is 9.32. The number of ether oxygens (including phenoxy) is 2. The van der Waals surface area contributed by atoms with E-state index in [2.05, 4.69) is 71.9 Å². The molecule has 0 bridgehead atoms. The van der Waals surface area contributed by atoms with E-state index in [0.717, 1.165) is 46.2 Å². The molecule has 5 rings (SSSR count). The zero-order valence-corrected chi connectivity index (χ0v) is 32.9. The number of benzene rings is 1. The van der Waals surface area contributed by atoms with Crippen LogP contribution in [0.2, 0.25) is 0 Å². The lowest BCUT2D eigenvalue weighted by molar-refractivity contribution is -0.136. The summed E-state index contributed by atoms with van der Waals surface area (Å²) in [5.41, 5.74) is 3.05. The number of methoxy groups -OCH3 is 2. The number of carbonyl (C=O) groups excluding carboxylic acids is 4. The predicted octanol–water partition coefficient (Wildman–Crippen LogP) is 4.90. The van der Waals surface area contributed by atoms with E-state index in [-0.39, 0.29) is 35.7 Å². The van der Waals surface area contributed by atoms with Gasteiger partial charge < -0.3 is 39.9 Å². The SMILES string of the molecule is COC(=O)N[C@H](C(=O)N1CCC[C@H]1c1ncc(C#CC#Cc2ccc(-c3nc([C@@H]4CCCN4C(=O)[C@@H](NC(=O)OC)C(C)C)[nH]c3I)cc2)[nH]1)C(C)C. The highest BCUT2D eigenvalue weighted by Crippen LogP contribution is 2.35. The van der Waals surface area contributed by atoms with E-state index >= 15 is 0 Å². The number of aromatic nitrogens is 4. The Morgan fingerprint density at radius 3 is 1.87 bits per heavy atom. The van der Waals surface area contributed by atoms with E-state index in [1.807, 2.05) is 52.0 Å². The van der Waals surface area contributed by atoms with Crippen molar-refractivity contribution in [2.24, 2.45) is 11.8 Å². The lowest BCUT2D eigenvalue weighted by atomic mass is 10.0. The zero-order valence-electron chi connectivity index (χ0n) is 30.7. The topological polar surface area (TPSA) is 175 Å². The van der Waals surface area contributed by atoms with Crippen molar-refractivity contribution in [3.05, 3.63) is 57.1 Å². The third-order valence-corrected chi connectivity index (χ3v) is 10.2. The van der Waals surface area contributed by atoms with E-state index in [9.17, 15) is 19.2 Å². The van der Waals surface area contributed by atoms with Gasteiger partial charge in [0.1, 0.15) is 38.8 Å². The molecular weight excluding hydrogens is 791 g/mol. The fourth-order valence-electron chi connectivity index (χ4n) is 6.59. The van der Waals surface area contributed by atoms with Crippen molar-refractivity contribution in [3.8, 4) is 34.9 Å². The molecule has 2 saturated heterocycles. The van der Waals surface area contributed by atoms with Crippen LogP contribution in [0, 0.1) is 39.2 Å². The number of carbonyl (C=O) groups is 4. The molecule has 2 aliphatic rings. The number of imidazole rings is 2. The van der Waals surface area contributed by atoms with Gasteiger partial charge in [0, 0.05) is 24.2 Å². The van der Waals surface area contributed by atoms with Crippen molar-refractivity contribution < 1.29 is 28.7 Å². The molecule has 280 valence electrons. The minimum Gasteiger partial charge on any atom is -0.453 e. The first-order valence-electron chi connectivity index (χ1n) is 17.6. The van der Waals surface area contributed by atoms with E-state index in [4.69, 9.17) is 14.5 Å². The molecule has 0 radical (unpaired) electrons. The highest BCUT2D eigenvalue weighted by atomic mass is 127. The van der Waals surface area contributed by atoms with Crippen LogP contribution in [0.15, 0.2) is 30.5 Å². The first kappa shape index (κ1) is 39.2. The maximum absolute atomic E-state index is 13.5. The minimum atomic E-state index is -0.705. The molecular formula is C38H45IN8O6. The smallest absolute Gasteiger partial charge is 0.407 e. The Bertz CT molecular complexity index is 1930. The van der Waals surface area contributed by atoms with Gasteiger partial charge >= 0.3 is 12.2 Å². The Morgan fingerprint density at radius 1 is 0.811 bits per heavy atom. The molecule has 4 N–H and O–H groups in total. The number of alkyl carbamates (subject to hydrolysis) is 2. The number of aromatic amines is 2. The lowest BCUT2D eigenvalue weighted by Crippen LogP contribution is -2.51. The van der Waals surface area contributed by atoms with Crippen molar-refractivity contribution in [2.45, 2.75) is 77.5 Å². The van der Waals surface area contributed by atoms with Crippen molar-refractivity contribution in [1.29, 1.82) is 0 Å². The molecule has 4 heterocycles. The Labute approximate surface area is 323 Å². The van der Waals surface area contributed by atoms with Gasteiger partial charge in [-0.2, -0.15) is 0 Å². The largest absolute Gasteiger partial charge is 0.453 e. The summed E-state index contributed by atoms with van der Waals surface area (Å²) in [6.07, 6.45) is 3.53. The van der Waals surface area contributed by atoms with E-state index in [1.165, 1.54) is 14.2 Å². The second-order valence-electron chi connectivity index (χ2n) is 13.6. The molecule has 1 aromatic carbocycles. The first-order chi connectivity index (χ1) is 25.4. The highest BCUT2D eigenvalue weighted by Gasteiger charge is 2.39. The molecule has 0 unspecified atom stereocenters. The van der Waals surface area contributed by atoms with Crippen molar-refractivity contribution in [3.63, 3.8) is 0 Å². The van der Waals surface area contributed by atoms with Crippen LogP contribution in [0.3, 0.4) is 0 Å². The van der Waals surface area contributed by atoms with Crippen LogP contribution in [-0.2, 0) is 19.1 Å². The molecule has 4 amide bonds. The number of halogens is 1. The number of hydrogen-bond acceptors (Lipinski definition) is 8. The molecule has 4 atom stereocenters. The highest BCUT2D eigenvalue weighted by molar-refractivity contribution is 14.1. The van der Waals surface area contributed by atoms with E-state index in [0.29, 0.717) is 30.4 Å². The predicted molar refractivity (Wildman–Crippen MR) is 205 cm³/mol. The maximum atomic E-state index is 13.5. The average Bonchev–Trinajstić information content (AvgIpc) is 3.97. The summed E-state index contributed by atoms with van der Waals surface area (Å²) in [6.45, 7) is 8.69. The Kier molecular flexibility index (Phi) is 13.1. The molecule has 2 fully saturated rings. The van der Waals surface area contributed by atoms with Gasteiger partial charge in [0.15, 0.2) is 0 Å². The number of likely N-dealkylation sites (tertiary alicyclic amines) is 2. The average molecular weight is 837 g/mol. The van der Waals surface area contributed by atoms with Crippen LogP contribution in [0.4, 0.5) is 9.59 Å². The molecule has 14 nitrogen and oxygen atoms in total. The monoisotopic (exact) mass is 836 g/mol. The first-order valence-corrected chi connectivity index (χ1v) is 18.7. The summed E-state index contributed by atoms with van der Waals surface area (Å²) < 4.78 is 10.3. The van der Waals surface area contributed by atoms with E-state index in [1.54, 1.807) is 16.0 Å². The van der Waals surface area contributed by atoms with Gasteiger partial charge in [-0.15, -0.1) is 0 Å². The van der Waals surface area contributed by atoms with Gasteiger partial charge in [0.05, 0.1) is 32.5 Å². The van der Waals surface area contributed by atoms with Crippen LogP contribution in [0.5, 0.6) is 0 Å². The third-order valence-electron chi connectivity index (χ3n) is 9.38. The van der Waals surface area contributed by atoms with Gasteiger partial charge in [-0.25, -0.2) is 19.6 Å². The standard InChI is InChI=1S/C38H45IN8O6/c1-22(2)29(43-37(50)52-5)35(48)46-19-9-13-27(46)33-40-21-26(41-33)12-8-7-11-24-15-17-25(18-16-24)31-32(39)45-34(42-31)28-14-10-20-47(28)36(49)30(23(3)4)44-38(51)53-6/h15-18,21-23,27-30H,9-10,13-14,19-20H2,1-6H3,(H,40,41)(H,42,45)(H,43,50)(H,44,51)/t27-,28-,29-,30-/m0/s1. The summed E-state index contributed by atoms with van der Waals surface area (Å²) in [6, 6.07) is 5.84. The Balaban J connectivity index is 1.22. The lowest BCUT2D eigenvalue weighted by Gasteiger charge is -2.29. The normalized spacial score (nSPS) is 17.8. The summed E-state index contributed by atoms with van der Waals surface area (Å²) in [4.78, 5) is 70.3. The number of amides is 4. The second kappa shape index (κ2) is 17.7. The quantitative estimate of drug-likeness (QED) is 0.174. The molecule has 2 aliphatic heterocycles. The fraction of sp³-hybridized carbons (Fsp3) is 0.474. The fourth-order valence-corrected chi connectivity index (χ4v) is 7.30. The molecule has 0 aliphatic carbocycles. The molecule has 15 heteroatoms. The van der Waals surface area contributed by atoms with Crippen LogP contribution in [0.25, 0.3) is 11.3 Å².